The van der Waals surface area contributed by atoms with Crippen molar-refractivity contribution in [3.63, 3.8) is 0 Å². The maximum Gasteiger partial charge on any atom is 0.327 e. The lowest BCUT2D eigenvalue weighted by atomic mass is 9.81. The van der Waals surface area contributed by atoms with Gasteiger partial charge in [-0.25, -0.2) is 4.79 Å². The zero-order valence-corrected chi connectivity index (χ0v) is 15.8. The molecule has 0 radical (unpaired) electrons. The quantitative estimate of drug-likeness (QED) is 0.778. The van der Waals surface area contributed by atoms with E-state index in [0.29, 0.717) is 19.4 Å². The summed E-state index contributed by atoms with van der Waals surface area (Å²) in [6.07, 6.45) is 4.36. The first-order valence-corrected chi connectivity index (χ1v) is 9.25. The molecule has 1 saturated carbocycles. The molecular weight excluding hydrogens is 330 g/mol. The molecule has 6 nitrogen and oxygen atoms in total. The monoisotopic (exact) mass is 357 g/mol. The first kappa shape index (κ1) is 18.4. The molecule has 0 N–H and O–H groups in total. The number of amides is 4. The highest BCUT2D eigenvalue weighted by Gasteiger charge is 2.55. The van der Waals surface area contributed by atoms with E-state index in [1.807, 2.05) is 31.2 Å². The van der Waals surface area contributed by atoms with E-state index in [1.54, 1.807) is 23.9 Å². The average Bonchev–Trinajstić information content (AvgIpc) is 2.80. The molecule has 1 spiro atoms. The Labute approximate surface area is 154 Å². The molecule has 0 atom stereocenters. The largest absolute Gasteiger partial charge is 0.340 e. The Morgan fingerprint density at radius 3 is 2.46 bits per heavy atom. The summed E-state index contributed by atoms with van der Waals surface area (Å²) in [4.78, 5) is 42.5. The first-order chi connectivity index (χ1) is 12.4. The molecule has 0 bridgehead atoms. The van der Waals surface area contributed by atoms with Crippen molar-refractivity contribution in [2.75, 3.05) is 20.6 Å². The Hall–Kier alpha value is -2.37. The zero-order valence-electron chi connectivity index (χ0n) is 15.8. The number of imide groups is 1. The number of carbonyl (C=O) groups is 3. The summed E-state index contributed by atoms with van der Waals surface area (Å²) in [5.74, 6) is -0.432. The molecule has 0 unspecified atom stereocenters. The Bertz CT molecular complexity index is 725. The third-order valence-corrected chi connectivity index (χ3v) is 5.87. The van der Waals surface area contributed by atoms with Crippen molar-refractivity contribution in [3.05, 3.63) is 35.4 Å². The maximum atomic E-state index is 13.0. The number of hydrogen-bond donors (Lipinski definition) is 0. The van der Waals surface area contributed by atoms with E-state index in [0.717, 1.165) is 35.3 Å². The van der Waals surface area contributed by atoms with E-state index in [2.05, 4.69) is 0 Å². The predicted octanol–water partition coefficient (Wildman–Crippen LogP) is 2.55. The molecule has 3 rings (SSSR count). The van der Waals surface area contributed by atoms with Gasteiger partial charge < -0.3 is 9.80 Å². The number of urea groups is 1. The number of rotatable bonds is 4. The fourth-order valence-corrected chi connectivity index (χ4v) is 4.06. The second-order valence-electron chi connectivity index (χ2n) is 7.50. The van der Waals surface area contributed by atoms with Gasteiger partial charge in [-0.15, -0.1) is 0 Å². The minimum atomic E-state index is -0.732. The van der Waals surface area contributed by atoms with Crippen molar-refractivity contribution in [3.8, 4) is 0 Å². The molecular formula is C20H27N3O3. The minimum Gasteiger partial charge on any atom is -0.340 e. The summed E-state index contributed by atoms with van der Waals surface area (Å²) in [5.41, 5.74) is 1.44. The van der Waals surface area contributed by atoms with E-state index < -0.39 is 5.54 Å². The van der Waals surface area contributed by atoms with Gasteiger partial charge in [-0.2, -0.15) is 0 Å². The van der Waals surface area contributed by atoms with Crippen molar-refractivity contribution >= 4 is 17.8 Å². The number of carbonyl (C=O) groups excluding carboxylic acids is 3. The van der Waals surface area contributed by atoms with Gasteiger partial charge in [0.2, 0.25) is 5.91 Å². The molecule has 4 amide bonds. The first-order valence-electron chi connectivity index (χ1n) is 9.25. The average molecular weight is 357 g/mol. The van der Waals surface area contributed by atoms with Crippen molar-refractivity contribution < 1.29 is 14.4 Å². The fourth-order valence-electron chi connectivity index (χ4n) is 4.06. The second-order valence-corrected chi connectivity index (χ2v) is 7.50. The van der Waals surface area contributed by atoms with Crippen LogP contribution in [0.15, 0.2) is 24.3 Å². The van der Waals surface area contributed by atoms with Gasteiger partial charge in [0.05, 0.1) is 0 Å². The highest BCUT2D eigenvalue weighted by Crippen LogP contribution is 2.39. The van der Waals surface area contributed by atoms with Crippen LogP contribution >= 0.6 is 0 Å². The summed E-state index contributed by atoms with van der Waals surface area (Å²) < 4.78 is 0. The van der Waals surface area contributed by atoms with Crippen LogP contribution in [0.4, 0.5) is 4.79 Å². The Morgan fingerprint density at radius 2 is 1.81 bits per heavy atom. The Balaban J connectivity index is 1.69. The molecule has 1 aliphatic carbocycles. The molecule has 26 heavy (non-hydrogen) atoms. The topological polar surface area (TPSA) is 60.9 Å². The molecule has 1 aromatic carbocycles. The third-order valence-electron chi connectivity index (χ3n) is 5.87. The zero-order chi connectivity index (χ0) is 18.9. The van der Waals surface area contributed by atoms with Crippen LogP contribution in [0.5, 0.6) is 0 Å². The fraction of sp³-hybridized carbons (Fsp3) is 0.550. The van der Waals surface area contributed by atoms with Crippen molar-refractivity contribution in [2.24, 2.45) is 0 Å². The number of benzene rings is 1. The van der Waals surface area contributed by atoms with Crippen molar-refractivity contribution in [1.82, 2.24) is 14.7 Å². The van der Waals surface area contributed by atoms with E-state index >= 15 is 0 Å². The molecule has 0 aromatic heterocycles. The molecule has 2 aliphatic rings. The highest BCUT2D eigenvalue weighted by atomic mass is 16.2. The third kappa shape index (κ3) is 3.08. The normalized spacial score (nSPS) is 19.3. The van der Waals surface area contributed by atoms with Gasteiger partial charge in [-0.1, -0.05) is 43.5 Å². The lowest BCUT2D eigenvalue weighted by Gasteiger charge is -2.35. The molecule has 2 fully saturated rings. The summed E-state index contributed by atoms with van der Waals surface area (Å²) in [6.45, 7) is 2.28. The summed E-state index contributed by atoms with van der Waals surface area (Å²) in [5, 5.41) is 0. The Kier molecular flexibility index (Phi) is 5.03. The van der Waals surface area contributed by atoms with E-state index in [-0.39, 0.29) is 24.4 Å². The second kappa shape index (κ2) is 7.09. The molecule has 6 heteroatoms. The predicted molar refractivity (Wildman–Crippen MR) is 98.3 cm³/mol. The highest BCUT2D eigenvalue weighted by molar-refractivity contribution is 6.08. The summed E-state index contributed by atoms with van der Waals surface area (Å²) in [6, 6.07) is 7.53. The smallest absolute Gasteiger partial charge is 0.327 e. The van der Waals surface area contributed by atoms with Crippen LogP contribution in [0.2, 0.25) is 0 Å². The lowest BCUT2D eigenvalue weighted by Crippen LogP contribution is -2.49. The van der Waals surface area contributed by atoms with Crippen LogP contribution in [-0.2, 0) is 16.1 Å². The van der Waals surface area contributed by atoms with Crippen LogP contribution in [0.25, 0.3) is 0 Å². The van der Waals surface area contributed by atoms with Gasteiger partial charge in [-0.05, 0) is 30.9 Å². The maximum absolute atomic E-state index is 13.0. The van der Waals surface area contributed by atoms with E-state index in [9.17, 15) is 14.4 Å². The molecule has 1 saturated heterocycles. The van der Waals surface area contributed by atoms with Crippen LogP contribution in [0.3, 0.4) is 0 Å². The number of hydrogen-bond acceptors (Lipinski definition) is 3. The van der Waals surface area contributed by atoms with Gasteiger partial charge in [0.15, 0.2) is 0 Å². The van der Waals surface area contributed by atoms with Gasteiger partial charge in [0.25, 0.3) is 5.91 Å². The van der Waals surface area contributed by atoms with Crippen LogP contribution in [0.1, 0.15) is 43.2 Å². The van der Waals surface area contributed by atoms with Gasteiger partial charge in [0.1, 0.15) is 12.1 Å². The lowest BCUT2D eigenvalue weighted by molar-refractivity contribution is -0.140. The molecule has 1 heterocycles. The summed E-state index contributed by atoms with van der Waals surface area (Å²) in [7, 11) is 3.40. The van der Waals surface area contributed by atoms with Gasteiger partial charge in [0, 0.05) is 20.6 Å². The standard InChI is InChI=1S/C20H27N3O3/c1-15-9-5-6-10-16(15)13-21(2)17(24)14-23-18(25)20(22(3)19(23)26)11-7-4-8-12-20/h5-6,9-10H,4,7-8,11-14H2,1-3H3. The van der Waals surface area contributed by atoms with Crippen LogP contribution in [-0.4, -0.2) is 58.7 Å². The van der Waals surface area contributed by atoms with Gasteiger partial charge >= 0.3 is 6.03 Å². The van der Waals surface area contributed by atoms with Crippen LogP contribution < -0.4 is 0 Å². The minimum absolute atomic E-state index is 0.188. The SMILES string of the molecule is Cc1ccccc1CN(C)C(=O)CN1C(=O)N(C)C2(CCCCC2)C1=O. The molecule has 1 aliphatic heterocycles. The van der Waals surface area contributed by atoms with Gasteiger partial charge in [-0.3, -0.25) is 14.5 Å². The number of nitrogens with zero attached hydrogens (tertiary/aromatic N) is 3. The van der Waals surface area contributed by atoms with E-state index in [1.165, 1.54) is 0 Å². The van der Waals surface area contributed by atoms with Crippen molar-refractivity contribution in [1.29, 1.82) is 0 Å². The number of aryl methyl sites for hydroxylation is 1. The van der Waals surface area contributed by atoms with Crippen molar-refractivity contribution in [2.45, 2.75) is 51.1 Å². The number of likely N-dealkylation sites (N-methyl/N-ethyl adjacent to an activating group) is 2. The molecule has 1 aromatic rings. The summed E-state index contributed by atoms with van der Waals surface area (Å²) >= 11 is 0. The van der Waals surface area contributed by atoms with E-state index in [4.69, 9.17) is 0 Å². The molecule has 140 valence electrons. The Morgan fingerprint density at radius 1 is 1.15 bits per heavy atom. The van der Waals surface area contributed by atoms with Crippen LogP contribution in [0, 0.1) is 6.92 Å².